The first-order valence-electron chi connectivity index (χ1n) is 9.67. The third-order valence-electron chi connectivity index (χ3n) is 5.36. The molecule has 4 rings (SSSR count). The van der Waals surface area contributed by atoms with Crippen LogP contribution in [0.2, 0.25) is 5.02 Å². The highest BCUT2D eigenvalue weighted by Gasteiger charge is 2.52. The summed E-state index contributed by atoms with van der Waals surface area (Å²) in [7, 11) is -3.72. The largest absolute Gasteiger partial charge is 0.465 e. The van der Waals surface area contributed by atoms with Crippen molar-refractivity contribution in [3.63, 3.8) is 0 Å². The van der Waals surface area contributed by atoms with Crippen LogP contribution in [0.25, 0.3) is 16.8 Å². The van der Waals surface area contributed by atoms with Crippen LogP contribution in [0.3, 0.4) is 0 Å². The zero-order valence-electron chi connectivity index (χ0n) is 17.2. The van der Waals surface area contributed by atoms with Crippen molar-refractivity contribution in [2.45, 2.75) is 18.3 Å². The molecule has 2 amide bonds. The van der Waals surface area contributed by atoms with E-state index in [-0.39, 0.29) is 16.4 Å². The molecule has 0 spiro atoms. The fourth-order valence-electron chi connectivity index (χ4n) is 3.61. The zero-order valence-corrected chi connectivity index (χ0v) is 18.7. The Kier molecular flexibility index (Phi) is 5.62. The average Bonchev–Trinajstić information content (AvgIpc) is 3.47. The van der Waals surface area contributed by atoms with Crippen LogP contribution in [0.5, 0.6) is 0 Å². The van der Waals surface area contributed by atoms with Gasteiger partial charge in [0.25, 0.3) is 0 Å². The molecule has 1 heterocycles. The molecular formula is C21H18ClFN4O5S. The second-order valence-corrected chi connectivity index (χ2v) is 9.87. The summed E-state index contributed by atoms with van der Waals surface area (Å²) in [6.45, 7) is 0. The van der Waals surface area contributed by atoms with Gasteiger partial charge in [-0.2, -0.15) is 5.10 Å². The molecule has 1 aliphatic carbocycles. The summed E-state index contributed by atoms with van der Waals surface area (Å²) >= 11 is 5.98. The van der Waals surface area contributed by atoms with Gasteiger partial charge in [-0.15, -0.1) is 0 Å². The molecule has 0 aliphatic heterocycles. The SMILES string of the molecule is CS(=O)(=O)NC(=O)C1(c2ccc(-c3ccc(-n4ncc(Cl)c4NC(=O)O)cc3)c(F)c2)CC1. The van der Waals surface area contributed by atoms with Gasteiger partial charge in [0.2, 0.25) is 15.9 Å². The number of aromatic nitrogens is 2. The van der Waals surface area contributed by atoms with Crippen molar-refractivity contribution in [3.8, 4) is 16.8 Å². The number of carboxylic acid groups (broad SMARTS) is 1. The van der Waals surface area contributed by atoms with E-state index in [0.29, 0.717) is 29.7 Å². The maximum atomic E-state index is 15.0. The minimum atomic E-state index is -3.72. The number of carbonyl (C=O) groups is 2. The van der Waals surface area contributed by atoms with Gasteiger partial charge in [-0.05, 0) is 42.2 Å². The second-order valence-electron chi connectivity index (χ2n) is 7.71. The Hall–Kier alpha value is -3.44. The molecule has 0 unspecified atom stereocenters. The molecule has 1 fully saturated rings. The maximum absolute atomic E-state index is 15.0. The number of nitrogens with zero attached hydrogens (tertiary/aromatic N) is 2. The predicted molar refractivity (Wildman–Crippen MR) is 120 cm³/mol. The van der Waals surface area contributed by atoms with Crippen LogP contribution in [-0.4, -0.2) is 41.6 Å². The van der Waals surface area contributed by atoms with Crippen molar-refractivity contribution in [2.24, 2.45) is 0 Å². The molecule has 3 N–H and O–H groups in total. The Morgan fingerprint density at radius 2 is 1.85 bits per heavy atom. The van der Waals surface area contributed by atoms with E-state index >= 15 is 0 Å². The number of nitrogens with one attached hydrogen (secondary N) is 2. The van der Waals surface area contributed by atoms with Gasteiger partial charge in [-0.25, -0.2) is 22.3 Å². The fraction of sp³-hybridized carbons (Fsp3) is 0.190. The molecule has 2 aromatic carbocycles. The zero-order chi connectivity index (χ0) is 24.0. The van der Waals surface area contributed by atoms with Gasteiger partial charge in [0.05, 0.1) is 23.6 Å². The van der Waals surface area contributed by atoms with Crippen LogP contribution in [0.15, 0.2) is 48.7 Å². The molecule has 9 nitrogen and oxygen atoms in total. The van der Waals surface area contributed by atoms with Crippen LogP contribution in [0.4, 0.5) is 15.0 Å². The number of anilines is 1. The first-order valence-corrected chi connectivity index (χ1v) is 11.9. The summed E-state index contributed by atoms with van der Waals surface area (Å²) in [4.78, 5) is 23.4. The Bertz CT molecular complexity index is 1370. The highest BCUT2D eigenvalue weighted by atomic mass is 35.5. The highest BCUT2D eigenvalue weighted by molar-refractivity contribution is 7.89. The molecule has 12 heteroatoms. The van der Waals surface area contributed by atoms with E-state index in [1.165, 1.54) is 23.0 Å². The first-order chi connectivity index (χ1) is 15.5. The van der Waals surface area contributed by atoms with Crippen molar-refractivity contribution < 1.29 is 27.5 Å². The summed E-state index contributed by atoms with van der Waals surface area (Å²) in [6.07, 6.45) is 1.76. The Morgan fingerprint density at radius 3 is 2.39 bits per heavy atom. The number of halogens is 2. The van der Waals surface area contributed by atoms with Crippen LogP contribution in [0.1, 0.15) is 18.4 Å². The van der Waals surface area contributed by atoms with E-state index in [4.69, 9.17) is 16.7 Å². The minimum Gasteiger partial charge on any atom is -0.465 e. The second kappa shape index (κ2) is 8.16. The normalized spacial score (nSPS) is 14.5. The maximum Gasteiger partial charge on any atom is 0.410 e. The van der Waals surface area contributed by atoms with E-state index in [2.05, 4.69) is 10.4 Å². The molecule has 0 radical (unpaired) electrons. The van der Waals surface area contributed by atoms with Crippen LogP contribution in [-0.2, 0) is 20.2 Å². The van der Waals surface area contributed by atoms with Crippen LogP contribution >= 0.6 is 11.6 Å². The smallest absolute Gasteiger partial charge is 0.410 e. The Labute approximate surface area is 193 Å². The Balaban J connectivity index is 1.60. The molecule has 1 saturated carbocycles. The van der Waals surface area contributed by atoms with Gasteiger partial charge in [0.1, 0.15) is 10.8 Å². The number of benzene rings is 2. The molecule has 0 bridgehead atoms. The van der Waals surface area contributed by atoms with Crippen LogP contribution < -0.4 is 10.0 Å². The molecule has 3 aromatic rings. The summed E-state index contributed by atoms with van der Waals surface area (Å²) in [5.74, 6) is -1.14. The number of amides is 2. The first kappa shape index (κ1) is 22.7. The van der Waals surface area contributed by atoms with Crippen molar-refractivity contribution in [1.82, 2.24) is 14.5 Å². The summed E-state index contributed by atoms with van der Waals surface area (Å²) in [6, 6.07) is 10.9. The predicted octanol–water partition coefficient (Wildman–Crippen LogP) is 3.53. The van der Waals surface area contributed by atoms with Gasteiger partial charge in [-0.3, -0.25) is 14.8 Å². The molecule has 1 aromatic heterocycles. The number of carbonyl (C=O) groups excluding carboxylic acids is 1. The van der Waals surface area contributed by atoms with E-state index < -0.39 is 33.3 Å². The summed E-state index contributed by atoms with van der Waals surface area (Å²) < 4.78 is 41.1. The Morgan fingerprint density at radius 1 is 1.18 bits per heavy atom. The lowest BCUT2D eigenvalue weighted by Crippen LogP contribution is -2.38. The standard InChI is InChI=1S/C21H18ClFN4O5S/c1-33(31,32)26-19(28)21(8-9-21)13-4-7-15(17(23)10-13)12-2-5-14(6-3-12)27-18(25-20(29)30)16(22)11-24-27/h2-7,10-11,25H,8-9H2,1H3,(H,26,28)(H,29,30). The quantitative estimate of drug-likeness (QED) is 0.482. The molecule has 0 saturated heterocycles. The van der Waals surface area contributed by atoms with Gasteiger partial charge >= 0.3 is 6.09 Å². The molecule has 0 atom stereocenters. The van der Waals surface area contributed by atoms with Gasteiger partial charge in [0, 0.05) is 5.56 Å². The van der Waals surface area contributed by atoms with E-state index in [1.54, 1.807) is 30.3 Å². The van der Waals surface area contributed by atoms with E-state index in [0.717, 1.165) is 6.26 Å². The fourth-order valence-corrected chi connectivity index (χ4v) is 4.31. The topological polar surface area (TPSA) is 130 Å². The average molecular weight is 493 g/mol. The lowest BCUT2D eigenvalue weighted by Gasteiger charge is -2.16. The molecule has 1 aliphatic rings. The number of hydrogen-bond donors (Lipinski definition) is 3. The third kappa shape index (κ3) is 4.55. The monoisotopic (exact) mass is 492 g/mol. The van der Waals surface area contributed by atoms with E-state index in [9.17, 15) is 22.4 Å². The summed E-state index contributed by atoms with van der Waals surface area (Å²) in [5, 5.41) is 15.3. The van der Waals surface area contributed by atoms with Crippen LogP contribution in [0, 0.1) is 5.82 Å². The number of rotatable bonds is 6. The third-order valence-corrected chi connectivity index (χ3v) is 6.19. The lowest BCUT2D eigenvalue weighted by molar-refractivity contribution is -0.121. The van der Waals surface area contributed by atoms with Gasteiger partial charge in [-0.1, -0.05) is 35.9 Å². The van der Waals surface area contributed by atoms with Crippen molar-refractivity contribution >= 4 is 39.4 Å². The molecular weight excluding hydrogens is 475 g/mol. The number of hydrogen-bond acceptors (Lipinski definition) is 5. The molecule has 172 valence electrons. The molecule has 33 heavy (non-hydrogen) atoms. The highest BCUT2D eigenvalue weighted by Crippen LogP contribution is 2.49. The van der Waals surface area contributed by atoms with Gasteiger partial charge in [0.15, 0.2) is 5.82 Å². The van der Waals surface area contributed by atoms with Gasteiger partial charge < -0.3 is 5.11 Å². The van der Waals surface area contributed by atoms with Crippen molar-refractivity contribution in [2.75, 3.05) is 11.6 Å². The van der Waals surface area contributed by atoms with Crippen molar-refractivity contribution in [1.29, 1.82) is 0 Å². The lowest BCUT2D eigenvalue weighted by atomic mass is 9.92. The minimum absolute atomic E-state index is 0.0783. The van der Waals surface area contributed by atoms with E-state index in [1.807, 2.05) is 4.72 Å². The summed E-state index contributed by atoms with van der Waals surface area (Å²) in [5.41, 5.74) is 0.697. The van der Waals surface area contributed by atoms with Crippen molar-refractivity contribution in [3.05, 3.63) is 65.1 Å². The number of sulfonamides is 1.